The van der Waals surface area contributed by atoms with Gasteiger partial charge in [0.05, 0.1) is 32.9 Å². The third-order valence-electron chi connectivity index (χ3n) is 4.27. The van der Waals surface area contributed by atoms with Crippen molar-refractivity contribution in [2.24, 2.45) is 0 Å². The predicted octanol–water partition coefficient (Wildman–Crippen LogP) is 3.82. The van der Waals surface area contributed by atoms with E-state index < -0.39 is 0 Å². The van der Waals surface area contributed by atoms with E-state index in [9.17, 15) is 9.18 Å². The largest absolute Gasteiger partial charge is 0.493 e. The van der Waals surface area contributed by atoms with E-state index in [1.807, 2.05) is 0 Å². The normalized spacial score (nSPS) is 15.8. The van der Waals surface area contributed by atoms with Crippen molar-refractivity contribution in [1.29, 1.82) is 0 Å². The van der Waals surface area contributed by atoms with Gasteiger partial charge in [-0.3, -0.25) is 4.79 Å². The number of hydrogen-bond donors (Lipinski definition) is 1. The molecule has 0 aliphatic carbocycles. The van der Waals surface area contributed by atoms with Crippen molar-refractivity contribution in [3.63, 3.8) is 0 Å². The average Bonchev–Trinajstić information content (AvgIpc) is 2.66. The van der Waals surface area contributed by atoms with Gasteiger partial charge in [0.25, 0.3) is 5.91 Å². The Hall–Kier alpha value is -2.41. The van der Waals surface area contributed by atoms with Gasteiger partial charge in [-0.1, -0.05) is 0 Å². The Kier molecular flexibility index (Phi) is 5.56. The first-order chi connectivity index (χ1) is 12.6. The quantitative estimate of drug-likeness (QED) is 0.859. The lowest BCUT2D eigenvalue weighted by Crippen LogP contribution is -2.31. The Bertz CT molecular complexity index is 827. The van der Waals surface area contributed by atoms with Crippen LogP contribution in [-0.4, -0.2) is 33.0 Å². The molecule has 26 heavy (non-hydrogen) atoms. The third-order valence-corrected chi connectivity index (χ3v) is 5.39. The molecule has 0 fully saturated rings. The van der Waals surface area contributed by atoms with Gasteiger partial charge in [0.2, 0.25) is 5.75 Å². The molecule has 0 bridgehead atoms. The fourth-order valence-corrected chi connectivity index (χ4v) is 4.14. The van der Waals surface area contributed by atoms with Crippen LogP contribution in [0.2, 0.25) is 0 Å². The van der Waals surface area contributed by atoms with Crippen LogP contribution in [0.3, 0.4) is 0 Å². The second-order valence-electron chi connectivity index (χ2n) is 5.73. The van der Waals surface area contributed by atoms with Crippen LogP contribution in [-0.2, 0) is 0 Å². The summed E-state index contributed by atoms with van der Waals surface area (Å²) in [7, 11) is 4.47. The number of carbonyl (C=O) groups is 1. The molecule has 0 saturated carbocycles. The lowest BCUT2D eigenvalue weighted by Gasteiger charge is -2.26. The van der Waals surface area contributed by atoms with Crippen molar-refractivity contribution >= 4 is 17.7 Å². The molecule has 2 aromatic carbocycles. The molecule has 0 saturated heterocycles. The van der Waals surface area contributed by atoms with Gasteiger partial charge in [0, 0.05) is 10.6 Å². The van der Waals surface area contributed by atoms with Gasteiger partial charge in [-0.05, 0) is 42.3 Å². The predicted molar refractivity (Wildman–Crippen MR) is 98.0 cm³/mol. The number of thioether (sulfide) groups is 1. The van der Waals surface area contributed by atoms with Gasteiger partial charge in [-0.2, -0.15) is 0 Å². The molecule has 0 spiro atoms. The Morgan fingerprint density at radius 2 is 1.88 bits per heavy atom. The number of ether oxygens (including phenoxy) is 3. The van der Waals surface area contributed by atoms with E-state index in [-0.39, 0.29) is 17.8 Å². The molecule has 3 rings (SSSR count). The number of halogens is 1. The first-order valence-electron chi connectivity index (χ1n) is 8.11. The lowest BCUT2D eigenvalue weighted by atomic mass is 10.0. The van der Waals surface area contributed by atoms with Gasteiger partial charge < -0.3 is 19.5 Å². The fraction of sp³-hybridized carbons (Fsp3) is 0.316. The summed E-state index contributed by atoms with van der Waals surface area (Å²) >= 11 is 1.66. The second-order valence-corrected chi connectivity index (χ2v) is 6.86. The van der Waals surface area contributed by atoms with Gasteiger partial charge in [-0.25, -0.2) is 4.39 Å². The number of hydrogen-bond acceptors (Lipinski definition) is 5. The average molecular weight is 377 g/mol. The first-order valence-corrected chi connectivity index (χ1v) is 9.09. The third kappa shape index (κ3) is 3.44. The molecule has 0 aromatic heterocycles. The Balaban J connectivity index is 1.91. The van der Waals surface area contributed by atoms with E-state index in [0.29, 0.717) is 22.8 Å². The zero-order valence-corrected chi connectivity index (χ0v) is 15.6. The maximum Gasteiger partial charge on any atom is 0.255 e. The number of carbonyl (C=O) groups excluding carboxylic acids is 1. The van der Waals surface area contributed by atoms with Crippen LogP contribution in [0.15, 0.2) is 35.2 Å². The molecular formula is C19H20FNO4S. The highest BCUT2D eigenvalue weighted by Crippen LogP contribution is 2.41. The Morgan fingerprint density at radius 1 is 1.12 bits per heavy atom. The van der Waals surface area contributed by atoms with Crippen LogP contribution >= 0.6 is 11.8 Å². The van der Waals surface area contributed by atoms with Crippen LogP contribution in [0.4, 0.5) is 4.39 Å². The molecular weight excluding hydrogens is 357 g/mol. The maximum atomic E-state index is 13.7. The molecule has 1 N–H and O–H groups in total. The van der Waals surface area contributed by atoms with Crippen molar-refractivity contribution in [2.75, 3.05) is 27.1 Å². The summed E-state index contributed by atoms with van der Waals surface area (Å²) in [5.41, 5.74) is 1.13. The minimum absolute atomic E-state index is 0.257. The molecule has 1 aliphatic rings. The SMILES string of the molecule is COc1ccc(C(=O)N[C@@H]2CCSc3ccc(F)cc32)c(OC)c1OC. The van der Waals surface area contributed by atoms with Crippen molar-refractivity contribution < 1.29 is 23.4 Å². The van der Waals surface area contributed by atoms with Crippen molar-refractivity contribution in [3.05, 3.63) is 47.3 Å². The van der Waals surface area contributed by atoms with Crippen LogP contribution in [0, 0.1) is 5.82 Å². The highest BCUT2D eigenvalue weighted by molar-refractivity contribution is 7.99. The van der Waals surface area contributed by atoms with E-state index >= 15 is 0 Å². The monoisotopic (exact) mass is 377 g/mol. The molecule has 1 amide bonds. The van der Waals surface area contributed by atoms with E-state index in [1.54, 1.807) is 30.0 Å². The van der Waals surface area contributed by atoms with Crippen molar-refractivity contribution in [3.8, 4) is 17.2 Å². The summed E-state index contributed by atoms with van der Waals surface area (Å²) in [5.74, 6) is 1.36. The Morgan fingerprint density at radius 3 is 2.58 bits per heavy atom. The minimum atomic E-state index is -0.311. The summed E-state index contributed by atoms with van der Waals surface area (Å²) in [4.78, 5) is 13.9. The summed E-state index contributed by atoms with van der Waals surface area (Å²) in [6, 6.07) is 7.70. The molecule has 2 aromatic rings. The van der Waals surface area contributed by atoms with Gasteiger partial charge >= 0.3 is 0 Å². The van der Waals surface area contributed by atoms with Crippen LogP contribution < -0.4 is 19.5 Å². The maximum absolute atomic E-state index is 13.7. The van der Waals surface area contributed by atoms with E-state index in [0.717, 1.165) is 22.6 Å². The summed E-state index contributed by atoms with van der Waals surface area (Å²) in [6.45, 7) is 0. The lowest BCUT2D eigenvalue weighted by molar-refractivity contribution is 0.0931. The molecule has 5 nitrogen and oxygen atoms in total. The molecule has 1 aliphatic heterocycles. The number of amides is 1. The van der Waals surface area contributed by atoms with Crippen LogP contribution in [0.5, 0.6) is 17.2 Å². The standard InChI is InChI=1S/C19H20FNO4S/c1-23-15-6-5-12(17(24-2)18(15)25-3)19(22)21-14-8-9-26-16-7-4-11(20)10-13(14)16/h4-7,10,14H,8-9H2,1-3H3,(H,21,22)/t14-/m1/s1. The topological polar surface area (TPSA) is 56.8 Å². The van der Waals surface area contributed by atoms with Gasteiger partial charge in [0.1, 0.15) is 5.82 Å². The van der Waals surface area contributed by atoms with Gasteiger partial charge in [0.15, 0.2) is 11.5 Å². The second kappa shape index (κ2) is 7.86. The van der Waals surface area contributed by atoms with Crippen molar-refractivity contribution in [1.82, 2.24) is 5.32 Å². The fourth-order valence-electron chi connectivity index (χ4n) is 3.03. The number of nitrogens with one attached hydrogen (secondary N) is 1. The van der Waals surface area contributed by atoms with E-state index in [2.05, 4.69) is 5.32 Å². The van der Waals surface area contributed by atoms with Crippen molar-refractivity contribution in [2.45, 2.75) is 17.4 Å². The highest BCUT2D eigenvalue weighted by atomic mass is 32.2. The smallest absolute Gasteiger partial charge is 0.255 e. The zero-order valence-electron chi connectivity index (χ0n) is 14.8. The molecule has 138 valence electrons. The summed E-state index contributed by atoms with van der Waals surface area (Å²) < 4.78 is 29.6. The number of rotatable bonds is 5. The molecule has 1 atom stereocenters. The zero-order chi connectivity index (χ0) is 18.7. The molecule has 7 heteroatoms. The first kappa shape index (κ1) is 18.4. The molecule has 1 heterocycles. The van der Waals surface area contributed by atoms with E-state index in [4.69, 9.17) is 14.2 Å². The number of benzene rings is 2. The summed E-state index contributed by atoms with van der Waals surface area (Å²) in [5, 5.41) is 2.99. The van der Waals surface area contributed by atoms with Crippen LogP contribution in [0.25, 0.3) is 0 Å². The van der Waals surface area contributed by atoms with E-state index in [1.165, 1.54) is 33.5 Å². The number of methoxy groups -OCH3 is 3. The number of fused-ring (bicyclic) bond motifs is 1. The Labute approximate surface area is 155 Å². The van der Waals surface area contributed by atoms with Gasteiger partial charge in [-0.15, -0.1) is 11.8 Å². The van der Waals surface area contributed by atoms with Crippen LogP contribution in [0.1, 0.15) is 28.4 Å². The molecule has 0 radical (unpaired) electrons. The summed E-state index contributed by atoms with van der Waals surface area (Å²) in [6.07, 6.45) is 0.725. The minimum Gasteiger partial charge on any atom is -0.493 e. The molecule has 0 unspecified atom stereocenters. The highest BCUT2D eigenvalue weighted by Gasteiger charge is 2.26.